The third-order valence-electron chi connectivity index (χ3n) is 6.14. The smallest absolute Gasteiger partial charge is 0.191 e. The molecule has 1 unspecified atom stereocenters. The normalized spacial score (nSPS) is 16.0. The number of piperidine rings is 1. The SMILES string of the molecule is CCNC(=NCC(CO)c1ccccc1)NCC1CCN(Cc2ccc(OC)cc2)CC1.I. The number of methoxy groups -OCH3 is 1. The zero-order valence-electron chi connectivity index (χ0n) is 19.9. The molecule has 1 heterocycles. The van der Waals surface area contributed by atoms with Gasteiger partial charge >= 0.3 is 0 Å². The zero-order chi connectivity index (χ0) is 22.6. The lowest BCUT2D eigenvalue weighted by atomic mass is 9.96. The fourth-order valence-corrected chi connectivity index (χ4v) is 4.12. The Morgan fingerprint density at radius 2 is 1.79 bits per heavy atom. The molecule has 1 aliphatic heterocycles. The van der Waals surface area contributed by atoms with Gasteiger partial charge < -0.3 is 20.5 Å². The van der Waals surface area contributed by atoms with Gasteiger partial charge in [0.1, 0.15) is 5.75 Å². The van der Waals surface area contributed by atoms with Gasteiger partial charge in [0, 0.05) is 25.6 Å². The summed E-state index contributed by atoms with van der Waals surface area (Å²) in [6, 6.07) is 18.5. The number of aliphatic imine (C=N–C) groups is 1. The summed E-state index contributed by atoms with van der Waals surface area (Å²) in [4.78, 5) is 7.28. The van der Waals surface area contributed by atoms with Crippen molar-refractivity contribution in [3.05, 3.63) is 65.7 Å². The third kappa shape index (κ3) is 9.14. The van der Waals surface area contributed by atoms with Crippen LogP contribution in [0.2, 0.25) is 0 Å². The standard InChI is InChI=1S/C26H38N4O2.HI/c1-3-27-26(29-18-24(20-31)23-7-5-4-6-8-23)28-17-21-13-15-30(16-14-21)19-22-9-11-25(32-2)12-10-22;/h4-12,21,24,31H,3,13-20H2,1-2H3,(H2,27,28,29);1H. The Hall–Kier alpha value is -1.84. The first-order valence-electron chi connectivity index (χ1n) is 11.7. The first-order chi connectivity index (χ1) is 15.7. The number of nitrogens with one attached hydrogen (secondary N) is 2. The second-order valence-corrected chi connectivity index (χ2v) is 8.46. The largest absolute Gasteiger partial charge is 0.497 e. The van der Waals surface area contributed by atoms with E-state index in [9.17, 15) is 5.11 Å². The summed E-state index contributed by atoms with van der Waals surface area (Å²) in [7, 11) is 1.70. The lowest BCUT2D eigenvalue weighted by molar-refractivity contribution is 0.178. The van der Waals surface area contributed by atoms with Gasteiger partial charge in [0.05, 0.1) is 20.3 Å². The number of halogens is 1. The van der Waals surface area contributed by atoms with Crippen molar-refractivity contribution < 1.29 is 9.84 Å². The van der Waals surface area contributed by atoms with Crippen LogP contribution in [0, 0.1) is 5.92 Å². The number of guanidine groups is 1. The van der Waals surface area contributed by atoms with Crippen LogP contribution in [0.4, 0.5) is 0 Å². The topological polar surface area (TPSA) is 69.1 Å². The number of hydrogen-bond acceptors (Lipinski definition) is 4. The van der Waals surface area contributed by atoms with Gasteiger partial charge in [0.2, 0.25) is 0 Å². The monoisotopic (exact) mass is 566 g/mol. The fourth-order valence-electron chi connectivity index (χ4n) is 4.12. The minimum atomic E-state index is 0. The van der Waals surface area contributed by atoms with Crippen LogP contribution in [0.15, 0.2) is 59.6 Å². The van der Waals surface area contributed by atoms with Gasteiger partial charge in [0.15, 0.2) is 5.96 Å². The summed E-state index contributed by atoms with van der Waals surface area (Å²) >= 11 is 0. The molecule has 1 fully saturated rings. The van der Waals surface area contributed by atoms with Crippen LogP contribution in [-0.2, 0) is 6.54 Å². The molecule has 0 bridgehead atoms. The van der Waals surface area contributed by atoms with Crippen LogP contribution in [0.5, 0.6) is 5.75 Å². The van der Waals surface area contributed by atoms with E-state index in [0.717, 1.165) is 50.0 Å². The summed E-state index contributed by atoms with van der Waals surface area (Å²) in [5.74, 6) is 2.41. The maximum Gasteiger partial charge on any atom is 0.191 e. The quantitative estimate of drug-likeness (QED) is 0.232. The molecule has 2 aromatic rings. The first kappa shape index (κ1) is 27.4. The molecule has 182 valence electrons. The highest BCUT2D eigenvalue weighted by Crippen LogP contribution is 2.20. The summed E-state index contributed by atoms with van der Waals surface area (Å²) in [5, 5.41) is 16.7. The molecule has 7 heteroatoms. The molecule has 0 spiro atoms. The highest BCUT2D eigenvalue weighted by atomic mass is 127. The number of hydrogen-bond donors (Lipinski definition) is 3. The van der Waals surface area contributed by atoms with E-state index in [0.29, 0.717) is 12.5 Å². The lowest BCUT2D eigenvalue weighted by Gasteiger charge is -2.32. The summed E-state index contributed by atoms with van der Waals surface area (Å²) < 4.78 is 5.25. The Morgan fingerprint density at radius 3 is 2.39 bits per heavy atom. The van der Waals surface area contributed by atoms with E-state index in [2.05, 4.69) is 46.7 Å². The molecule has 1 atom stereocenters. The van der Waals surface area contributed by atoms with Crippen LogP contribution < -0.4 is 15.4 Å². The molecule has 1 saturated heterocycles. The average Bonchev–Trinajstić information content (AvgIpc) is 2.85. The van der Waals surface area contributed by atoms with E-state index in [4.69, 9.17) is 9.73 Å². The van der Waals surface area contributed by atoms with Gasteiger partial charge in [-0.2, -0.15) is 0 Å². The predicted octanol–water partition coefficient (Wildman–Crippen LogP) is 3.86. The van der Waals surface area contributed by atoms with Crippen molar-refractivity contribution in [1.82, 2.24) is 15.5 Å². The molecule has 6 nitrogen and oxygen atoms in total. The predicted molar refractivity (Wildman–Crippen MR) is 147 cm³/mol. The molecule has 2 aromatic carbocycles. The molecule has 0 aliphatic carbocycles. The average molecular weight is 567 g/mol. The molecular weight excluding hydrogens is 527 g/mol. The molecule has 33 heavy (non-hydrogen) atoms. The van der Waals surface area contributed by atoms with Crippen LogP contribution in [0.25, 0.3) is 0 Å². The van der Waals surface area contributed by atoms with Gasteiger partial charge in [-0.25, -0.2) is 0 Å². The summed E-state index contributed by atoms with van der Waals surface area (Å²) in [6.07, 6.45) is 2.37. The minimum Gasteiger partial charge on any atom is -0.497 e. The van der Waals surface area contributed by atoms with E-state index in [1.165, 1.54) is 18.4 Å². The first-order valence-corrected chi connectivity index (χ1v) is 11.7. The number of ether oxygens (including phenoxy) is 1. The maximum absolute atomic E-state index is 9.79. The highest BCUT2D eigenvalue weighted by Gasteiger charge is 2.19. The van der Waals surface area contributed by atoms with Crippen molar-refractivity contribution in [2.24, 2.45) is 10.9 Å². The number of aliphatic hydroxyl groups excluding tert-OH is 1. The Bertz CT molecular complexity index is 809. The van der Waals surface area contributed by atoms with Crippen LogP contribution in [0.1, 0.15) is 36.8 Å². The zero-order valence-corrected chi connectivity index (χ0v) is 22.2. The molecule has 3 N–H and O–H groups in total. The molecular formula is C26H39IN4O2. The van der Waals surface area contributed by atoms with E-state index in [-0.39, 0.29) is 36.5 Å². The fraction of sp³-hybridized carbons (Fsp3) is 0.500. The third-order valence-corrected chi connectivity index (χ3v) is 6.14. The minimum absolute atomic E-state index is 0. The number of aliphatic hydroxyl groups is 1. The highest BCUT2D eigenvalue weighted by molar-refractivity contribution is 14.0. The van der Waals surface area contributed by atoms with Crippen molar-refractivity contribution >= 4 is 29.9 Å². The number of nitrogens with zero attached hydrogens (tertiary/aromatic N) is 2. The molecule has 0 amide bonds. The lowest BCUT2D eigenvalue weighted by Crippen LogP contribution is -2.43. The Balaban J connectivity index is 0.00000385. The Labute approximate surface area is 215 Å². The molecule has 3 rings (SSSR count). The van der Waals surface area contributed by atoms with Crippen LogP contribution in [0.3, 0.4) is 0 Å². The molecule has 0 saturated carbocycles. The number of likely N-dealkylation sites (tertiary alicyclic amines) is 1. The van der Waals surface area contributed by atoms with Crippen molar-refractivity contribution in [2.45, 2.75) is 32.2 Å². The van der Waals surface area contributed by atoms with Gasteiger partial charge in [-0.05, 0) is 62.0 Å². The Kier molecular flexibility index (Phi) is 12.6. The van der Waals surface area contributed by atoms with Crippen molar-refractivity contribution in [3.63, 3.8) is 0 Å². The van der Waals surface area contributed by atoms with Gasteiger partial charge in [-0.15, -0.1) is 24.0 Å². The van der Waals surface area contributed by atoms with Crippen molar-refractivity contribution in [3.8, 4) is 5.75 Å². The van der Waals surface area contributed by atoms with Crippen LogP contribution >= 0.6 is 24.0 Å². The van der Waals surface area contributed by atoms with Crippen LogP contribution in [-0.4, -0.2) is 62.4 Å². The van der Waals surface area contributed by atoms with E-state index < -0.39 is 0 Å². The number of rotatable bonds is 10. The van der Waals surface area contributed by atoms with Gasteiger partial charge in [0.25, 0.3) is 0 Å². The van der Waals surface area contributed by atoms with E-state index in [1.807, 2.05) is 30.3 Å². The van der Waals surface area contributed by atoms with Gasteiger partial charge in [-0.3, -0.25) is 9.89 Å². The molecule has 1 aliphatic rings. The van der Waals surface area contributed by atoms with Crippen molar-refractivity contribution in [2.75, 3.05) is 46.4 Å². The van der Waals surface area contributed by atoms with E-state index in [1.54, 1.807) is 7.11 Å². The maximum atomic E-state index is 9.79. The summed E-state index contributed by atoms with van der Waals surface area (Å²) in [5.41, 5.74) is 2.46. The molecule has 0 radical (unpaired) electrons. The van der Waals surface area contributed by atoms with Gasteiger partial charge in [-0.1, -0.05) is 42.5 Å². The second kappa shape index (κ2) is 15.1. The number of benzene rings is 2. The molecule has 0 aromatic heterocycles. The Morgan fingerprint density at radius 1 is 1.09 bits per heavy atom. The summed E-state index contributed by atoms with van der Waals surface area (Å²) in [6.45, 7) is 7.72. The second-order valence-electron chi connectivity index (χ2n) is 8.46. The van der Waals surface area contributed by atoms with E-state index >= 15 is 0 Å². The van der Waals surface area contributed by atoms with Crippen molar-refractivity contribution in [1.29, 1.82) is 0 Å².